The van der Waals surface area contributed by atoms with Gasteiger partial charge in [0.05, 0.1) is 17.0 Å². The summed E-state index contributed by atoms with van der Waals surface area (Å²) >= 11 is 0.934. The lowest BCUT2D eigenvalue weighted by atomic mass is 10.1. The van der Waals surface area contributed by atoms with E-state index in [1.54, 1.807) is 26.0 Å². The Morgan fingerprint density at radius 2 is 1.89 bits per heavy atom. The first-order valence-electron chi connectivity index (χ1n) is 8.29. The highest BCUT2D eigenvalue weighted by molar-refractivity contribution is 7.18. The number of hydrogen-bond donors (Lipinski definition) is 2. The molecular formula is C18H19N3O6S. The van der Waals surface area contributed by atoms with Crippen LogP contribution in [-0.2, 0) is 14.3 Å². The van der Waals surface area contributed by atoms with Gasteiger partial charge in [-0.2, -0.15) is 0 Å². The van der Waals surface area contributed by atoms with Crippen LogP contribution in [0.4, 0.5) is 5.00 Å². The van der Waals surface area contributed by atoms with Crippen LogP contribution in [0, 0.1) is 6.92 Å². The number of aromatic nitrogens is 1. The van der Waals surface area contributed by atoms with Crippen molar-refractivity contribution in [3.8, 4) is 0 Å². The maximum absolute atomic E-state index is 12.3. The summed E-state index contributed by atoms with van der Waals surface area (Å²) in [6.07, 6.45) is 1.43. The number of hydrogen-bond acceptors (Lipinski definition) is 8. The van der Waals surface area contributed by atoms with Crippen molar-refractivity contribution in [1.82, 2.24) is 10.3 Å². The minimum absolute atomic E-state index is 0.0661. The van der Waals surface area contributed by atoms with Crippen LogP contribution < -0.4 is 10.6 Å². The van der Waals surface area contributed by atoms with E-state index >= 15 is 0 Å². The summed E-state index contributed by atoms with van der Waals surface area (Å²) < 4.78 is 9.92. The van der Waals surface area contributed by atoms with Gasteiger partial charge in [0.1, 0.15) is 10.7 Å². The Morgan fingerprint density at radius 1 is 1.14 bits per heavy atom. The number of anilines is 1. The van der Waals surface area contributed by atoms with E-state index in [1.807, 2.05) is 0 Å². The van der Waals surface area contributed by atoms with Crippen molar-refractivity contribution < 1.29 is 28.7 Å². The van der Waals surface area contributed by atoms with Crippen molar-refractivity contribution in [3.05, 3.63) is 46.1 Å². The van der Waals surface area contributed by atoms with E-state index in [2.05, 4.69) is 15.6 Å². The molecule has 0 saturated heterocycles. The largest absolute Gasteiger partial charge is 0.462 e. The highest BCUT2D eigenvalue weighted by Gasteiger charge is 2.26. The zero-order valence-electron chi connectivity index (χ0n) is 15.5. The average Bonchev–Trinajstić information content (AvgIpc) is 3.02. The molecule has 2 heterocycles. The molecule has 0 aromatic carbocycles. The second kappa shape index (κ2) is 9.60. The number of rotatable bonds is 7. The fourth-order valence-corrected chi connectivity index (χ4v) is 3.39. The number of thiophene rings is 1. The van der Waals surface area contributed by atoms with Gasteiger partial charge in [-0.3, -0.25) is 9.59 Å². The molecule has 0 bridgehead atoms. The Bertz CT molecular complexity index is 894. The highest BCUT2D eigenvalue weighted by atomic mass is 32.1. The zero-order chi connectivity index (χ0) is 20.7. The molecule has 10 heteroatoms. The van der Waals surface area contributed by atoms with Crippen LogP contribution in [0.25, 0.3) is 0 Å². The minimum Gasteiger partial charge on any atom is -0.462 e. The molecule has 0 atom stereocenters. The second-order valence-corrected chi connectivity index (χ2v) is 6.42. The van der Waals surface area contributed by atoms with Crippen LogP contribution in [0.2, 0.25) is 0 Å². The number of carbonyl (C=O) groups is 4. The predicted octanol–water partition coefficient (Wildman–Crippen LogP) is 1.78. The van der Waals surface area contributed by atoms with Gasteiger partial charge in [0, 0.05) is 13.2 Å². The number of esters is 2. The smallest absolute Gasteiger partial charge is 0.357 e. The lowest BCUT2D eigenvalue weighted by Gasteiger charge is -2.07. The maximum Gasteiger partial charge on any atom is 0.357 e. The molecule has 2 aromatic heterocycles. The van der Waals surface area contributed by atoms with E-state index in [9.17, 15) is 19.2 Å². The molecule has 0 radical (unpaired) electrons. The molecule has 0 unspecified atom stereocenters. The summed E-state index contributed by atoms with van der Waals surface area (Å²) in [6, 6.07) is 4.71. The fraction of sp³-hybridized carbons (Fsp3) is 0.278. The van der Waals surface area contributed by atoms with Crippen LogP contribution in [0.3, 0.4) is 0 Å². The van der Waals surface area contributed by atoms with E-state index in [0.29, 0.717) is 5.56 Å². The molecule has 2 amide bonds. The number of nitrogens with zero attached hydrogens (tertiary/aromatic N) is 1. The fourth-order valence-electron chi connectivity index (χ4n) is 2.23. The molecule has 0 aliphatic heterocycles. The molecule has 148 valence electrons. The topological polar surface area (TPSA) is 124 Å². The van der Waals surface area contributed by atoms with Gasteiger partial charge < -0.3 is 20.1 Å². The number of amides is 2. The van der Waals surface area contributed by atoms with Crippen molar-refractivity contribution in [2.45, 2.75) is 13.8 Å². The van der Waals surface area contributed by atoms with Crippen LogP contribution in [-0.4, -0.2) is 49.0 Å². The SMILES string of the molecule is CCOC(=O)c1c(NC(=O)COC(=O)c2ccccn2)sc(C(=O)NC)c1C. The average molecular weight is 405 g/mol. The van der Waals surface area contributed by atoms with E-state index in [0.717, 1.165) is 11.3 Å². The van der Waals surface area contributed by atoms with Gasteiger partial charge in [0.15, 0.2) is 6.61 Å². The van der Waals surface area contributed by atoms with E-state index in [-0.39, 0.29) is 27.7 Å². The summed E-state index contributed by atoms with van der Waals surface area (Å²) in [5, 5.41) is 5.12. The highest BCUT2D eigenvalue weighted by Crippen LogP contribution is 2.33. The normalized spacial score (nSPS) is 10.1. The second-order valence-electron chi connectivity index (χ2n) is 5.40. The molecule has 0 saturated carbocycles. The first-order chi connectivity index (χ1) is 13.4. The molecule has 2 N–H and O–H groups in total. The van der Waals surface area contributed by atoms with Crippen LogP contribution in [0.1, 0.15) is 43.0 Å². The van der Waals surface area contributed by atoms with Crippen molar-refractivity contribution in [1.29, 1.82) is 0 Å². The minimum atomic E-state index is -0.755. The predicted molar refractivity (Wildman–Crippen MR) is 102 cm³/mol. The van der Waals surface area contributed by atoms with Gasteiger partial charge >= 0.3 is 11.9 Å². The summed E-state index contributed by atoms with van der Waals surface area (Å²) in [5.74, 6) is -2.48. The molecule has 9 nitrogen and oxygen atoms in total. The summed E-state index contributed by atoms with van der Waals surface area (Å²) in [7, 11) is 1.46. The Hall–Kier alpha value is -3.27. The van der Waals surface area contributed by atoms with Crippen LogP contribution in [0.15, 0.2) is 24.4 Å². The molecule has 0 aliphatic rings. The van der Waals surface area contributed by atoms with Crippen molar-refractivity contribution >= 4 is 40.1 Å². The third-order valence-electron chi connectivity index (χ3n) is 3.52. The van der Waals surface area contributed by atoms with Crippen LogP contribution >= 0.6 is 11.3 Å². The third kappa shape index (κ3) is 4.92. The van der Waals surface area contributed by atoms with Crippen molar-refractivity contribution in [2.75, 3.05) is 25.6 Å². The number of carbonyl (C=O) groups excluding carboxylic acids is 4. The molecule has 2 aromatic rings. The van der Waals surface area contributed by atoms with E-state index in [1.165, 1.54) is 19.3 Å². The monoisotopic (exact) mass is 405 g/mol. The lowest BCUT2D eigenvalue weighted by Crippen LogP contribution is -2.22. The first kappa shape index (κ1) is 21.0. The van der Waals surface area contributed by atoms with Gasteiger partial charge in [-0.1, -0.05) is 6.07 Å². The Labute approximate surface area is 165 Å². The molecule has 2 rings (SSSR count). The molecular weight excluding hydrogens is 386 g/mol. The molecule has 0 fully saturated rings. The van der Waals surface area contributed by atoms with Gasteiger partial charge in [-0.05, 0) is 31.5 Å². The summed E-state index contributed by atoms with van der Waals surface area (Å²) in [5.41, 5.74) is 0.551. The van der Waals surface area contributed by atoms with Crippen molar-refractivity contribution in [3.63, 3.8) is 0 Å². The number of pyridine rings is 1. The Balaban J connectivity index is 2.15. The zero-order valence-corrected chi connectivity index (χ0v) is 16.3. The quantitative estimate of drug-likeness (QED) is 0.673. The molecule has 28 heavy (non-hydrogen) atoms. The van der Waals surface area contributed by atoms with Gasteiger partial charge in [-0.25, -0.2) is 14.6 Å². The first-order valence-corrected chi connectivity index (χ1v) is 9.11. The van der Waals surface area contributed by atoms with E-state index < -0.39 is 30.4 Å². The lowest BCUT2D eigenvalue weighted by molar-refractivity contribution is -0.119. The Kier molecular flexibility index (Phi) is 7.21. The maximum atomic E-state index is 12.3. The van der Waals surface area contributed by atoms with Gasteiger partial charge in [0.25, 0.3) is 11.8 Å². The molecule has 0 aliphatic carbocycles. The van der Waals surface area contributed by atoms with Crippen molar-refractivity contribution in [2.24, 2.45) is 0 Å². The van der Waals surface area contributed by atoms with Gasteiger partial charge in [0.2, 0.25) is 0 Å². The van der Waals surface area contributed by atoms with E-state index in [4.69, 9.17) is 9.47 Å². The molecule has 0 spiro atoms. The Morgan fingerprint density at radius 3 is 2.50 bits per heavy atom. The number of nitrogens with one attached hydrogen (secondary N) is 2. The standard InChI is InChI=1S/C18H19N3O6S/c1-4-26-18(25)13-10(2)14(15(23)19-3)28-16(13)21-12(22)9-27-17(24)11-7-5-6-8-20-11/h5-8H,4,9H2,1-3H3,(H,19,23)(H,21,22). The van der Waals surface area contributed by atoms with Crippen LogP contribution in [0.5, 0.6) is 0 Å². The summed E-state index contributed by atoms with van der Waals surface area (Å²) in [4.78, 5) is 52.4. The summed E-state index contributed by atoms with van der Waals surface area (Å²) in [6.45, 7) is 2.79. The van der Waals surface area contributed by atoms with Gasteiger partial charge in [-0.15, -0.1) is 11.3 Å². The number of ether oxygens (including phenoxy) is 2. The third-order valence-corrected chi connectivity index (χ3v) is 4.73.